The average molecular weight is 410 g/mol. The first kappa shape index (κ1) is 14.7. The van der Waals surface area contributed by atoms with Crippen molar-refractivity contribution in [1.82, 2.24) is 10.2 Å². The van der Waals surface area contributed by atoms with E-state index in [0.29, 0.717) is 24.6 Å². The third kappa shape index (κ3) is 4.12. The Bertz CT molecular complexity index is 563. The Hall–Kier alpha value is -0.730. The molecular weight excluding hydrogens is 400 g/mol. The monoisotopic (exact) mass is 408 g/mol. The van der Waals surface area contributed by atoms with Gasteiger partial charge in [0.15, 0.2) is 0 Å². The maximum absolute atomic E-state index is 10.4. The molecule has 2 heterocycles. The summed E-state index contributed by atoms with van der Waals surface area (Å²) in [7, 11) is 0. The van der Waals surface area contributed by atoms with Crippen LogP contribution in [0.1, 0.15) is 25.2 Å². The minimum absolute atomic E-state index is 0.172. The van der Waals surface area contributed by atoms with Gasteiger partial charge >= 0.3 is 5.97 Å². The van der Waals surface area contributed by atoms with Gasteiger partial charge in [-0.15, -0.1) is 21.5 Å². The molecular formula is C11H10Br2N2O3S. The van der Waals surface area contributed by atoms with Gasteiger partial charge in [0.05, 0.1) is 8.66 Å². The molecule has 8 heteroatoms. The molecule has 102 valence electrons. The Labute approximate surface area is 130 Å². The zero-order valence-corrected chi connectivity index (χ0v) is 13.7. The number of thiophene rings is 1. The summed E-state index contributed by atoms with van der Waals surface area (Å²) < 4.78 is 7.47. The molecule has 0 radical (unpaired) electrons. The van der Waals surface area contributed by atoms with Crippen molar-refractivity contribution in [3.05, 3.63) is 20.2 Å². The van der Waals surface area contributed by atoms with E-state index in [2.05, 4.69) is 42.1 Å². The Balaban J connectivity index is 1.93. The summed E-state index contributed by atoms with van der Waals surface area (Å²) in [6.07, 6.45) is 2.12. The third-order valence-corrected chi connectivity index (χ3v) is 5.60. The number of carbonyl (C=O) groups is 1. The number of aryl methyl sites for hydroxylation is 1. The Kier molecular flexibility index (Phi) is 5.12. The van der Waals surface area contributed by atoms with Crippen molar-refractivity contribution in [3.63, 3.8) is 0 Å². The van der Waals surface area contributed by atoms with Crippen molar-refractivity contribution in [2.75, 3.05) is 0 Å². The largest absolute Gasteiger partial charge is 0.481 e. The number of hydrogen-bond donors (Lipinski definition) is 1. The predicted octanol–water partition coefficient (Wildman–Crippen LogP) is 4.12. The summed E-state index contributed by atoms with van der Waals surface area (Å²) in [4.78, 5) is 11.3. The lowest BCUT2D eigenvalue weighted by molar-refractivity contribution is -0.137. The summed E-state index contributed by atoms with van der Waals surface area (Å²) in [5.74, 6) is 0.255. The second-order valence-corrected chi connectivity index (χ2v) is 7.06. The van der Waals surface area contributed by atoms with Crippen LogP contribution in [-0.4, -0.2) is 21.3 Å². The van der Waals surface area contributed by atoms with Crippen LogP contribution in [0, 0.1) is 0 Å². The van der Waals surface area contributed by atoms with Crippen molar-refractivity contribution in [3.8, 4) is 10.8 Å². The van der Waals surface area contributed by atoms with Crippen molar-refractivity contribution in [2.45, 2.75) is 25.7 Å². The molecule has 0 aromatic carbocycles. The first-order valence-corrected chi connectivity index (χ1v) is 7.96. The van der Waals surface area contributed by atoms with E-state index in [0.717, 1.165) is 19.6 Å². The molecule has 0 aliphatic heterocycles. The molecule has 0 bridgehead atoms. The number of rotatable bonds is 6. The maximum atomic E-state index is 10.4. The lowest BCUT2D eigenvalue weighted by Gasteiger charge is -1.93. The Morgan fingerprint density at radius 1 is 1.37 bits per heavy atom. The molecule has 2 rings (SSSR count). The third-order valence-electron chi connectivity index (χ3n) is 2.35. The fraction of sp³-hybridized carbons (Fsp3) is 0.364. The Morgan fingerprint density at radius 2 is 2.16 bits per heavy atom. The van der Waals surface area contributed by atoms with E-state index < -0.39 is 5.97 Å². The normalized spacial score (nSPS) is 10.8. The minimum Gasteiger partial charge on any atom is -0.481 e. The van der Waals surface area contributed by atoms with Crippen molar-refractivity contribution >= 4 is 49.2 Å². The summed E-state index contributed by atoms with van der Waals surface area (Å²) in [6.45, 7) is 0. The van der Waals surface area contributed by atoms with Gasteiger partial charge in [-0.1, -0.05) is 0 Å². The first-order valence-electron chi connectivity index (χ1n) is 5.55. The molecule has 0 atom stereocenters. The van der Waals surface area contributed by atoms with Gasteiger partial charge in [0, 0.05) is 17.3 Å². The molecule has 0 spiro atoms. The van der Waals surface area contributed by atoms with E-state index >= 15 is 0 Å². The fourth-order valence-corrected chi connectivity index (χ4v) is 3.42. The number of aliphatic carboxylic acids is 1. The van der Waals surface area contributed by atoms with E-state index in [4.69, 9.17) is 9.52 Å². The molecule has 2 aromatic rings. The second kappa shape index (κ2) is 6.62. The van der Waals surface area contributed by atoms with Gasteiger partial charge in [-0.05, 0) is 50.8 Å². The highest BCUT2D eigenvalue weighted by Gasteiger charge is 2.13. The first-order chi connectivity index (χ1) is 9.06. The van der Waals surface area contributed by atoms with Gasteiger partial charge in [0.25, 0.3) is 5.89 Å². The van der Waals surface area contributed by atoms with Gasteiger partial charge in [-0.3, -0.25) is 4.79 Å². The number of carboxylic acids is 1. The SMILES string of the molecule is O=C(O)CCCCc1nnc(-c2cc(Br)c(Br)s2)o1. The summed E-state index contributed by atoms with van der Waals surface area (Å²) in [6, 6.07) is 1.91. The van der Waals surface area contributed by atoms with Gasteiger partial charge in [-0.2, -0.15) is 0 Å². The van der Waals surface area contributed by atoms with Crippen LogP contribution in [-0.2, 0) is 11.2 Å². The minimum atomic E-state index is -0.778. The smallest absolute Gasteiger partial charge is 0.303 e. The second-order valence-electron chi connectivity index (χ2n) is 3.83. The summed E-state index contributed by atoms with van der Waals surface area (Å²) in [5, 5.41) is 16.5. The molecule has 5 nitrogen and oxygen atoms in total. The molecule has 2 aromatic heterocycles. The van der Waals surface area contributed by atoms with E-state index in [1.54, 1.807) is 0 Å². The standard InChI is InChI=1S/C11H10Br2N2O3S/c12-6-5-7(19-10(6)13)11-15-14-8(18-11)3-1-2-4-9(16)17/h5H,1-4H2,(H,16,17). The highest BCUT2D eigenvalue weighted by atomic mass is 79.9. The van der Waals surface area contributed by atoms with E-state index in [1.807, 2.05) is 6.07 Å². The van der Waals surface area contributed by atoms with Crippen LogP contribution in [0.15, 0.2) is 18.7 Å². The van der Waals surface area contributed by atoms with Crippen molar-refractivity contribution in [2.24, 2.45) is 0 Å². The number of unbranched alkanes of at least 4 members (excludes halogenated alkanes) is 1. The van der Waals surface area contributed by atoms with Crippen LogP contribution < -0.4 is 0 Å². The zero-order valence-electron chi connectivity index (χ0n) is 9.73. The number of nitrogens with zero attached hydrogens (tertiary/aromatic N) is 2. The molecule has 19 heavy (non-hydrogen) atoms. The highest BCUT2D eigenvalue weighted by molar-refractivity contribution is 9.13. The highest BCUT2D eigenvalue weighted by Crippen LogP contribution is 2.37. The number of halogens is 2. The van der Waals surface area contributed by atoms with Crippen LogP contribution in [0.3, 0.4) is 0 Å². The predicted molar refractivity (Wildman–Crippen MR) is 78.2 cm³/mol. The van der Waals surface area contributed by atoms with Gasteiger partial charge < -0.3 is 9.52 Å². The lowest BCUT2D eigenvalue weighted by Crippen LogP contribution is -1.95. The van der Waals surface area contributed by atoms with Crippen LogP contribution in [0.5, 0.6) is 0 Å². The molecule has 0 amide bonds. The van der Waals surface area contributed by atoms with Crippen LogP contribution in [0.2, 0.25) is 0 Å². The van der Waals surface area contributed by atoms with Crippen LogP contribution >= 0.6 is 43.2 Å². The van der Waals surface area contributed by atoms with Crippen molar-refractivity contribution < 1.29 is 14.3 Å². The summed E-state index contributed by atoms with van der Waals surface area (Å²) in [5.41, 5.74) is 0. The van der Waals surface area contributed by atoms with Crippen molar-refractivity contribution in [1.29, 1.82) is 0 Å². The topological polar surface area (TPSA) is 76.2 Å². The van der Waals surface area contributed by atoms with Crippen LogP contribution in [0.25, 0.3) is 10.8 Å². The average Bonchev–Trinajstić information content (AvgIpc) is 2.93. The fourth-order valence-electron chi connectivity index (χ4n) is 1.46. The number of carboxylic acid groups (broad SMARTS) is 1. The van der Waals surface area contributed by atoms with E-state index in [1.165, 1.54) is 11.3 Å². The molecule has 1 N–H and O–H groups in total. The quantitative estimate of drug-likeness (QED) is 0.726. The van der Waals surface area contributed by atoms with E-state index in [9.17, 15) is 4.79 Å². The van der Waals surface area contributed by atoms with Gasteiger partial charge in [-0.25, -0.2) is 0 Å². The molecule has 0 unspecified atom stereocenters. The summed E-state index contributed by atoms with van der Waals surface area (Å²) >= 11 is 8.32. The van der Waals surface area contributed by atoms with Gasteiger partial charge in [0.1, 0.15) is 0 Å². The maximum Gasteiger partial charge on any atom is 0.303 e. The molecule has 0 saturated carbocycles. The molecule has 0 aliphatic carbocycles. The van der Waals surface area contributed by atoms with E-state index in [-0.39, 0.29) is 6.42 Å². The molecule has 0 fully saturated rings. The zero-order chi connectivity index (χ0) is 13.8. The Morgan fingerprint density at radius 3 is 2.79 bits per heavy atom. The van der Waals surface area contributed by atoms with Gasteiger partial charge in [0.2, 0.25) is 5.89 Å². The number of hydrogen-bond acceptors (Lipinski definition) is 5. The molecule has 0 aliphatic rings. The molecule has 0 saturated heterocycles. The number of aromatic nitrogens is 2. The lowest BCUT2D eigenvalue weighted by atomic mass is 10.2. The van der Waals surface area contributed by atoms with Crippen LogP contribution in [0.4, 0.5) is 0 Å².